The van der Waals surface area contributed by atoms with Crippen LogP contribution in [-0.4, -0.2) is 57.2 Å². The second kappa shape index (κ2) is 12.3. The summed E-state index contributed by atoms with van der Waals surface area (Å²) in [7, 11) is 0. The van der Waals surface area contributed by atoms with Crippen LogP contribution in [0.1, 0.15) is 81.4 Å². The van der Waals surface area contributed by atoms with Crippen molar-refractivity contribution >= 4 is 40.2 Å². The Morgan fingerprint density at radius 3 is 2.56 bits per heavy atom. The number of alkyl halides is 3. The highest BCUT2D eigenvalue weighted by atomic mass is 35.5. The monoisotopic (exact) mass is 619 g/mol. The van der Waals surface area contributed by atoms with Crippen LogP contribution in [0.3, 0.4) is 0 Å². The van der Waals surface area contributed by atoms with Gasteiger partial charge in [0.1, 0.15) is 11.3 Å². The number of likely N-dealkylation sites (tertiary alicyclic amines) is 1. The van der Waals surface area contributed by atoms with Gasteiger partial charge in [0.2, 0.25) is 0 Å². The summed E-state index contributed by atoms with van der Waals surface area (Å²) in [6.07, 6.45) is 3.37. The topological polar surface area (TPSA) is 88.5 Å². The molecule has 5 rings (SSSR count). The smallest absolute Gasteiger partial charge is 0.433 e. The maximum atomic E-state index is 13.6. The molecule has 232 valence electrons. The van der Waals surface area contributed by atoms with E-state index >= 15 is 0 Å². The van der Waals surface area contributed by atoms with Gasteiger partial charge >= 0.3 is 12.3 Å². The van der Waals surface area contributed by atoms with Gasteiger partial charge in [0, 0.05) is 53.7 Å². The van der Waals surface area contributed by atoms with Crippen molar-refractivity contribution in [1.82, 2.24) is 19.8 Å². The van der Waals surface area contributed by atoms with Crippen molar-refractivity contribution in [2.45, 2.75) is 89.2 Å². The van der Waals surface area contributed by atoms with Crippen molar-refractivity contribution in [3.8, 4) is 0 Å². The van der Waals surface area contributed by atoms with E-state index in [2.05, 4.69) is 15.6 Å². The molecule has 2 aromatic heterocycles. The average Bonchev–Trinajstić information content (AvgIpc) is 3.43. The van der Waals surface area contributed by atoms with E-state index in [-0.39, 0.29) is 35.6 Å². The molecule has 12 heteroatoms. The van der Waals surface area contributed by atoms with Gasteiger partial charge in [0.05, 0.1) is 17.1 Å². The fourth-order valence-electron chi connectivity index (χ4n) is 5.87. The number of rotatable bonds is 5. The molecule has 1 aromatic carbocycles. The molecule has 2 aliphatic rings. The first-order valence-corrected chi connectivity index (χ1v) is 15.0. The highest BCUT2D eigenvalue weighted by Gasteiger charge is 2.34. The maximum Gasteiger partial charge on any atom is 0.433 e. The summed E-state index contributed by atoms with van der Waals surface area (Å²) in [5, 5.41) is 7.32. The molecule has 1 saturated heterocycles. The van der Waals surface area contributed by atoms with Crippen LogP contribution < -0.4 is 10.6 Å². The minimum atomic E-state index is -4.59. The molecule has 0 unspecified atom stereocenters. The lowest BCUT2D eigenvalue weighted by Gasteiger charge is -2.34. The lowest BCUT2D eigenvalue weighted by molar-refractivity contribution is -0.140. The molecule has 0 radical (unpaired) electrons. The minimum absolute atomic E-state index is 0.0383. The van der Waals surface area contributed by atoms with E-state index in [4.69, 9.17) is 16.3 Å². The molecule has 3 atom stereocenters. The second-order valence-electron chi connectivity index (χ2n) is 12.5. The zero-order chi connectivity index (χ0) is 30.9. The molecule has 43 heavy (non-hydrogen) atoms. The van der Waals surface area contributed by atoms with Crippen molar-refractivity contribution in [1.29, 1.82) is 0 Å². The number of carbonyl (C=O) groups excluding carboxylic acids is 2. The fourth-order valence-corrected chi connectivity index (χ4v) is 6.04. The molecule has 1 aliphatic heterocycles. The number of amides is 2. The molecule has 1 saturated carbocycles. The van der Waals surface area contributed by atoms with E-state index in [1.54, 1.807) is 17.0 Å². The number of fused-ring (bicyclic) bond motifs is 1. The predicted octanol–water partition coefficient (Wildman–Crippen LogP) is 7.43. The van der Waals surface area contributed by atoms with Gasteiger partial charge in [-0.1, -0.05) is 11.6 Å². The fraction of sp³-hybridized carbons (Fsp3) is 0.516. The van der Waals surface area contributed by atoms with Crippen LogP contribution in [0.4, 0.5) is 23.7 Å². The Labute approximate surface area is 253 Å². The largest absolute Gasteiger partial charge is 0.444 e. The summed E-state index contributed by atoms with van der Waals surface area (Å²) in [4.78, 5) is 31.3. The zero-order valence-electron chi connectivity index (χ0n) is 24.5. The van der Waals surface area contributed by atoms with Crippen LogP contribution in [0.15, 0.2) is 42.7 Å². The molecule has 0 spiro atoms. The average molecular weight is 620 g/mol. The Morgan fingerprint density at radius 2 is 1.81 bits per heavy atom. The van der Waals surface area contributed by atoms with Crippen molar-refractivity contribution in [3.63, 3.8) is 0 Å². The lowest BCUT2D eigenvalue weighted by Crippen LogP contribution is -2.43. The number of ether oxygens (including phenoxy) is 1. The van der Waals surface area contributed by atoms with Gasteiger partial charge in [-0.3, -0.25) is 4.79 Å². The van der Waals surface area contributed by atoms with E-state index in [0.29, 0.717) is 41.2 Å². The number of hydrogen-bond acceptors (Lipinski definition) is 5. The Morgan fingerprint density at radius 1 is 1.05 bits per heavy atom. The van der Waals surface area contributed by atoms with Crippen LogP contribution in [0.5, 0.6) is 0 Å². The Kier molecular flexibility index (Phi) is 8.83. The summed E-state index contributed by atoms with van der Waals surface area (Å²) in [5.41, 5.74) is -0.487. The number of aromatic nitrogens is 2. The number of hydrogen-bond donors (Lipinski definition) is 2. The third-order valence-corrected chi connectivity index (χ3v) is 8.11. The van der Waals surface area contributed by atoms with Gasteiger partial charge in [0.25, 0.3) is 5.91 Å². The zero-order valence-corrected chi connectivity index (χ0v) is 25.3. The Bertz CT molecular complexity index is 1490. The van der Waals surface area contributed by atoms with E-state index in [1.165, 1.54) is 12.1 Å². The van der Waals surface area contributed by atoms with E-state index in [1.807, 2.05) is 37.7 Å². The van der Waals surface area contributed by atoms with E-state index < -0.39 is 17.5 Å². The number of pyridine rings is 1. The van der Waals surface area contributed by atoms with Crippen molar-refractivity contribution < 1.29 is 27.5 Å². The second-order valence-corrected chi connectivity index (χ2v) is 12.9. The molecule has 8 nitrogen and oxygen atoms in total. The number of nitrogens with one attached hydrogen (secondary N) is 2. The van der Waals surface area contributed by atoms with Crippen LogP contribution in [0, 0.1) is 0 Å². The molecule has 0 bridgehead atoms. The van der Waals surface area contributed by atoms with Crippen molar-refractivity contribution in [2.75, 3.05) is 18.4 Å². The highest BCUT2D eigenvalue weighted by molar-refractivity contribution is 6.31. The van der Waals surface area contributed by atoms with Gasteiger partial charge in [-0.15, -0.1) is 0 Å². The van der Waals surface area contributed by atoms with Gasteiger partial charge in [0.15, 0.2) is 0 Å². The molecule has 2 fully saturated rings. The lowest BCUT2D eigenvalue weighted by atomic mass is 9.90. The van der Waals surface area contributed by atoms with Crippen LogP contribution in [0.2, 0.25) is 5.02 Å². The Hall–Kier alpha value is -3.47. The van der Waals surface area contributed by atoms with E-state index in [9.17, 15) is 22.8 Å². The number of benzene rings is 1. The van der Waals surface area contributed by atoms with Gasteiger partial charge < -0.3 is 24.8 Å². The molecule has 2 amide bonds. The predicted molar refractivity (Wildman–Crippen MR) is 159 cm³/mol. The first-order valence-electron chi connectivity index (χ1n) is 14.7. The van der Waals surface area contributed by atoms with Gasteiger partial charge in [-0.2, -0.15) is 13.2 Å². The molecular formula is C31H37ClF3N5O3. The molecule has 3 aromatic rings. The van der Waals surface area contributed by atoms with Crippen LogP contribution >= 0.6 is 11.6 Å². The molecule has 1 aliphatic carbocycles. The van der Waals surface area contributed by atoms with Crippen molar-refractivity contribution in [2.24, 2.45) is 0 Å². The number of halogens is 4. The third-order valence-electron chi connectivity index (χ3n) is 7.88. The molecular weight excluding hydrogens is 583 g/mol. The Balaban J connectivity index is 1.22. The van der Waals surface area contributed by atoms with Crippen LogP contribution in [-0.2, 0) is 10.9 Å². The number of carbonyl (C=O) groups is 2. The summed E-state index contributed by atoms with van der Waals surface area (Å²) >= 11 is 6.15. The van der Waals surface area contributed by atoms with Crippen LogP contribution in [0.25, 0.3) is 10.9 Å². The van der Waals surface area contributed by atoms with Gasteiger partial charge in [-0.05, 0) is 89.6 Å². The number of nitrogens with zero attached hydrogens (tertiary/aromatic N) is 3. The summed E-state index contributed by atoms with van der Waals surface area (Å²) in [5.74, 6) is -0.204. The normalized spacial score (nSPS) is 21.5. The third kappa shape index (κ3) is 7.74. The van der Waals surface area contributed by atoms with E-state index in [0.717, 1.165) is 38.2 Å². The number of piperidine rings is 1. The number of anilines is 1. The first kappa shape index (κ1) is 31.0. The van der Waals surface area contributed by atoms with Crippen molar-refractivity contribution in [3.05, 3.63) is 59.0 Å². The highest BCUT2D eigenvalue weighted by Crippen LogP contribution is 2.35. The quantitative estimate of drug-likeness (QED) is 0.310. The first-order chi connectivity index (χ1) is 20.2. The summed E-state index contributed by atoms with van der Waals surface area (Å²) in [6, 6.07) is 7.16. The standard InChI is InChI=1S/C31H37ClF3N5O3/c1-30(2,3)43-29(42)40-12-5-8-23(18-40)39-13-11-19(17-39)28(41)37-22-7-4-6-21(15-22)36-26-16-27(31(33,34)35)38-25-10-9-20(32)14-24(25)26/h9-11,13-14,16-17,21-23H,4-8,12,15,18H2,1-3H3,(H,36,38)(H,37,41)/t21-,22+,23+/m0/s1. The minimum Gasteiger partial charge on any atom is -0.444 e. The summed E-state index contributed by atoms with van der Waals surface area (Å²) < 4.78 is 48.2. The van der Waals surface area contributed by atoms with Gasteiger partial charge in [-0.25, -0.2) is 9.78 Å². The molecule has 2 N–H and O–H groups in total. The maximum absolute atomic E-state index is 13.6. The summed E-state index contributed by atoms with van der Waals surface area (Å²) in [6.45, 7) is 6.67. The SMILES string of the molecule is CC(C)(C)OC(=O)N1CCC[C@@H](n2ccc(C(=O)N[C@@H]3CCC[C@H](Nc4cc(C(F)(F)F)nc5ccc(Cl)cc45)C3)c2)C1. The molecule has 3 heterocycles.